The second kappa shape index (κ2) is 6.33. The van der Waals surface area contributed by atoms with E-state index in [0.29, 0.717) is 10.6 Å². The molecule has 1 unspecified atom stereocenters. The topological polar surface area (TPSA) is 74.6 Å². The van der Waals surface area contributed by atoms with Gasteiger partial charge in [-0.1, -0.05) is 0 Å². The maximum Gasteiger partial charge on any atom is 0.291 e. The largest absolute Gasteiger partial charge is 0.459 e. The number of nitrogens with one attached hydrogen (secondary N) is 2. The van der Waals surface area contributed by atoms with Gasteiger partial charge in [0.25, 0.3) is 11.8 Å². The number of hydrogen-bond acceptors (Lipinski definition) is 5. The predicted octanol–water partition coefficient (Wildman–Crippen LogP) is 2.03. The average Bonchev–Trinajstić information content (AvgIpc) is 3.25. The SMILES string of the molecule is CN(C(=O)c1ccsc1NC(=O)c1ccco1)C1CCNC1. The van der Waals surface area contributed by atoms with Crippen LogP contribution in [-0.4, -0.2) is 42.9 Å². The van der Waals surface area contributed by atoms with E-state index < -0.39 is 0 Å². The summed E-state index contributed by atoms with van der Waals surface area (Å²) in [6.45, 7) is 1.73. The maximum absolute atomic E-state index is 12.6. The summed E-state index contributed by atoms with van der Waals surface area (Å²) in [5.41, 5.74) is 0.513. The molecule has 3 rings (SSSR count). The highest BCUT2D eigenvalue weighted by atomic mass is 32.1. The van der Waals surface area contributed by atoms with E-state index in [1.165, 1.54) is 17.6 Å². The molecule has 6 nitrogen and oxygen atoms in total. The van der Waals surface area contributed by atoms with Crippen LogP contribution in [0, 0.1) is 0 Å². The van der Waals surface area contributed by atoms with E-state index in [2.05, 4.69) is 10.6 Å². The van der Waals surface area contributed by atoms with Crippen LogP contribution < -0.4 is 10.6 Å². The zero-order valence-corrected chi connectivity index (χ0v) is 13.0. The molecule has 2 aromatic heterocycles. The van der Waals surface area contributed by atoms with Gasteiger partial charge in [0.05, 0.1) is 11.8 Å². The summed E-state index contributed by atoms with van der Waals surface area (Å²) in [4.78, 5) is 26.4. The molecule has 3 heterocycles. The van der Waals surface area contributed by atoms with E-state index in [0.717, 1.165) is 19.5 Å². The van der Waals surface area contributed by atoms with Crippen LogP contribution in [0.1, 0.15) is 27.3 Å². The zero-order chi connectivity index (χ0) is 15.5. The second-order valence-electron chi connectivity index (χ2n) is 5.16. The second-order valence-corrected chi connectivity index (χ2v) is 6.07. The molecule has 7 heteroatoms. The molecule has 1 saturated heterocycles. The summed E-state index contributed by atoms with van der Waals surface area (Å²) in [5, 5.41) is 8.33. The first-order valence-electron chi connectivity index (χ1n) is 7.07. The van der Waals surface area contributed by atoms with Crippen LogP contribution in [-0.2, 0) is 0 Å². The van der Waals surface area contributed by atoms with E-state index in [-0.39, 0.29) is 23.6 Å². The number of anilines is 1. The lowest BCUT2D eigenvalue weighted by atomic mass is 10.2. The Morgan fingerprint density at radius 3 is 3.00 bits per heavy atom. The van der Waals surface area contributed by atoms with Gasteiger partial charge in [0.1, 0.15) is 5.00 Å². The molecule has 1 aliphatic rings. The predicted molar refractivity (Wildman–Crippen MR) is 84.3 cm³/mol. The first-order chi connectivity index (χ1) is 10.7. The number of carbonyl (C=O) groups excluding carboxylic acids is 2. The Balaban J connectivity index is 1.74. The van der Waals surface area contributed by atoms with Gasteiger partial charge in [-0.25, -0.2) is 0 Å². The van der Waals surface area contributed by atoms with Crippen LogP contribution in [0.25, 0.3) is 0 Å². The fraction of sp³-hybridized carbons (Fsp3) is 0.333. The summed E-state index contributed by atoms with van der Waals surface area (Å²) in [6.07, 6.45) is 2.39. The molecule has 0 aliphatic carbocycles. The van der Waals surface area contributed by atoms with E-state index in [4.69, 9.17) is 4.42 Å². The molecule has 0 bridgehead atoms. The van der Waals surface area contributed by atoms with Crippen molar-refractivity contribution < 1.29 is 14.0 Å². The van der Waals surface area contributed by atoms with Gasteiger partial charge < -0.3 is 20.0 Å². The van der Waals surface area contributed by atoms with E-state index in [1.807, 2.05) is 0 Å². The van der Waals surface area contributed by atoms with Crippen molar-refractivity contribution in [2.24, 2.45) is 0 Å². The van der Waals surface area contributed by atoms with Gasteiger partial charge >= 0.3 is 0 Å². The van der Waals surface area contributed by atoms with E-state index in [1.54, 1.807) is 35.5 Å². The Morgan fingerprint density at radius 1 is 1.45 bits per heavy atom. The minimum Gasteiger partial charge on any atom is -0.459 e. The normalized spacial score (nSPS) is 17.4. The van der Waals surface area contributed by atoms with E-state index in [9.17, 15) is 9.59 Å². The lowest BCUT2D eigenvalue weighted by Crippen LogP contribution is -2.38. The molecule has 0 saturated carbocycles. The van der Waals surface area contributed by atoms with Gasteiger partial charge in [-0.05, 0) is 36.5 Å². The lowest BCUT2D eigenvalue weighted by molar-refractivity contribution is 0.0745. The molecule has 1 atom stereocenters. The quantitative estimate of drug-likeness (QED) is 0.904. The third-order valence-electron chi connectivity index (χ3n) is 3.77. The van der Waals surface area contributed by atoms with Crippen molar-refractivity contribution >= 4 is 28.2 Å². The number of furan rings is 1. The van der Waals surface area contributed by atoms with Crippen molar-refractivity contribution in [2.75, 3.05) is 25.5 Å². The number of nitrogens with zero attached hydrogens (tertiary/aromatic N) is 1. The van der Waals surface area contributed by atoms with Crippen LogP contribution >= 0.6 is 11.3 Å². The molecule has 1 fully saturated rings. The number of thiophene rings is 1. The molecule has 2 aromatic rings. The minimum absolute atomic E-state index is 0.0790. The van der Waals surface area contributed by atoms with Crippen molar-refractivity contribution in [1.82, 2.24) is 10.2 Å². The molecule has 0 aromatic carbocycles. The Bertz CT molecular complexity index is 659. The van der Waals surface area contributed by atoms with Gasteiger partial charge in [0.15, 0.2) is 5.76 Å². The van der Waals surface area contributed by atoms with Crippen molar-refractivity contribution in [1.29, 1.82) is 0 Å². The molecular weight excluding hydrogens is 302 g/mol. The van der Waals surface area contributed by atoms with Gasteiger partial charge in [0.2, 0.25) is 0 Å². The molecule has 116 valence electrons. The van der Waals surface area contributed by atoms with Crippen molar-refractivity contribution in [3.63, 3.8) is 0 Å². The molecule has 22 heavy (non-hydrogen) atoms. The van der Waals surface area contributed by atoms with Gasteiger partial charge in [-0.2, -0.15) is 0 Å². The van der Waals surface area contributed by atoms with Crippen LogP contribution in [0.2, 0.25) is 0 Å². The number of amides is 2. The van der Waals surface area contributed by atoms with Crippen molar-refractivity contribution in [3.05, 3.63) is 41.2 Å². The van der Waals surface area contributed by atoms with Gasteiger partial charge in [0, 0.05) is 19.6 Å². The van der Waals surface area contributed by atoms with Crippen LogP contribution in [0.4, 0.5) is 5.00 Å². The molecule has 2 N–H and O–H groups in total. The molecule has 0 spiro atoms. The number of carbonyl (C=O) groups is 2. The Morgan fingerprint density at radius 2 is 2.32 bits per heavy atom. The summed E-state index contributed by atoms with van der Waals surface area (Å²) < 4.78 is 5.06. The first kappa shape index (κ1) is 14.8. The zero-order valence-electron chi connectivity index (χ0n) is 12.2. The number of rotatable bonds is 4. The highest BCUT2D eigenvalue weighted by Gasteiger charge is 2.26. The smallest absolute Gasteiger partial charge is 0.291 e. The van der Waals surface area contributed by atoms with Crippen LogP contribution in [0.3, 0.4) is 0 Å². The summed E-state index contributed by atoms with van der Waals surface area (Å²) in [7, 11) is 1.80. The Hall–Kier alpha value is -2.12. The van der Waals surface area contributed by atoms with Gasteiger partial charge in [-0.15, -0.1) is 11.3 Å². The monoisotopic (exact) mass is 319 g/mol. The Labute approximate surface area is 132 Å². The fourth-order valence-corrected chi connectivity index (χ4v) is 3.25. The highest BCUT2D eigenvalue weighted by Crippen LogP contribution is 2.26. The lowest BCUT2D eigenvalue weighted by Gasteiger charge is -2.23. The summed E-state index contributed by atoms with van der Waals surface area (Å²) in [6, 6.07) is 5.17. The van der Waals surface area contributed by atoms with Crippen molar-refractivity contribution in [3.8, 4) is 0 Å². The Kier molecular flexibility index (Phi) is 4.26. The summed E-state index contributed by atoms with van der Waals surface area (Å²) in [5.74, 6) is -0.212. The van der Waals surface area contributed by atoms with E-state index >= 15 is 0 Å². The van der Waals surface area contributed by atoms with Gasteiger partial charge in [-0.3, -0.25) is 9.59 Å². The molecular formula is C15H17N3O3S. The van der Waals surface area contributed by atoms with Crippen LogP contribution in [0.5, 0.6) is 0 Å². The maximum atomic E-state index is 12.6. The first-order valence-corrected chi connectivity index (χ1v) is 7.95. The number of hydrogen-bond donors (Lipinski definition) is 2. The number of likely N-dealkylation sites (N-methyl/N-ethyl adjacent to an activating group) is 1. The highest BCUT2D eigenvalue weighted by molar-refractivity contribution is 7.14. The molecule has 2 amide bonds. The average molecular weight is 319 g/mol. The molecule has 1 aliphatic heterocycles. The van der Waals surface area contributed by atoms with Crippen molar-refractivity contribution in [2.45, 2.75) is 12.5 Å². The fourth-order valence-electron chi connectivity index (χ4n) is 2.47. The molecule has 0 radical (unpaired) electrons. The third-order valence-corrected chi connectivity index (χ3v) is 4.60. The summed E-state index contributed by atoms with van der Waals surface area (Å²) >= 11 is 1.33. The van der Waals surface area contributed by atoms with Crippen LogP contribution in [0.15, 0.2) is 34.3 Å². The minimum atomic E-state index is -0.355. The third kappa shape index (κ3) is 2.90. The standard InChI is InChI=1S/C15H17N3O3S/c1-18(10-4-6-16-9-10)15(20)11-5-8-22-14(11)17-13(19)12-3-2-7-21-12/h2-3,5,7-8,10,16H,4,6,9H2,1H3,(H,17,19).